The maximum Gasteiger partial charge on any atom is 0.338 e. The second-order valence-corrected chi connectivity index (χ2v) is 8.00. The Hall–Kier alpha value is -2.65. The van der Waals surface area contributed by atoms with Gasteiger partial charge in [0.2, 0.25) is 15.8 Å². The summed E-state index contributed by atoms with van der Waals surface area (Å²) in [5, 5.41) is 0. The Labute approximate surface area is 155 Å². The summed E-state index contributed by atoms with van der Waals surface area (Å²) in [6.45, 7) is 1.30. The van der Waals surface area contributed by atoms with Crippen molar-refractivity contribution < 1.29 is 31.5 Å². The van der Waals surface area contributed by atoms with Crippen molar-refractivity contribution in [2.24, 2.45) is 0 Å². The number of nitrogens with zero attached hydrogens (tertiary/aromatic N) is 1. The predicted molar refractivity (Wildman–Crippen MR) is 92.9 cm³/mol. The smallest absolute Gasteiger partial charge is 0.338 e. The van der Waals surface area contributed by atoms with Crippen LogP contribution in [0.1, 0.15) is 27.6 Å². The van der Waals surface area contributed by atoms with E-state index in [0.717, 1.165) is 22.5 Å². The second-order valence-electron chi connectivity index (χ2n) is 5.85. The third-order valence-electron chi connectivity index (χ3n) is 3.73. The van der Waals surface area contributed by atoms with Gasteiger partial charge >= 0.3 is 5.97 Å². The zero-order chi connectivity index (χ0) is 20.4. The van der Waals surface area contributed by atoms with E-state index in [2.05, 4.69) is 0 Å². The number of ether oxygens (including phenoxy) is 1. The molecule has 0 saturated heterocycles. The van der Waals surface area contributed by atoms with Crippen molar-refractivity contribution in [3.63, 3.8) is 0 Å². The third-order valence-corrected chi connectivity index (χ3v) is 5.56. The average Bonchev–Trinajstić information content (AvgIpc) is 2.63. The Balaban J connectivity index is 2.12. The second kappa shape index (κ2) is 7.93. The first kappa shape index (κ1) is 20.7. The van der Waals surface area contributed by atoms with E-state index in [1.807, 2.05) is 0 Å². The third kappa shape index (κ3) is 4.55. The van der Waals surface area contributed by atoms with Crippen LogP contribution in [0.15, 0.2) is 47.4 Å². The van der Waals surface area contributed by atoms with Gasteiger partial charge in [0.1, 0.15) is 0 Å². The quantitative estimate of drug-likeness (QED) is 0.553. The van der Waals surface area contributed by atoms with E-state index in [4.69, 9.17) is 4.74 Å². The van der Waals surface area contributed by atoms with Crippen LogP contribution in [0, 0.1) is 11.6 Å². The minimum absolute atomic E-state index is 0.00466. The summed E-state index contributed by atoms with van der Waals surface area (Å²) in [6.07, 6.45) is -1.24. The normalized spacial score (nSPS) is 12.7. The number of carbonyl (C=O) groups is 2. The molecule has 2 rings (SSSR count). The first-order chi connectivity index (χ1) is 12.5. The fourth-order valence-electron chi connectivity index (χ4n) is 2.14. The number of carbonyl (C=O) groups excluding carboxylic acids is 2. The SMILES string of the molecule is C[C@H](OC(=O)c1ccc(S(=O)(=O)N(C)C)cc1)C(=O)c1ccc(F)c(F)c1. The van der Waals surface area contributed by atoms with Crippen molar-refractivity contribution in [3.05, 3.63) is 65.2 Å². The minimum atomic E-state index is -3.64. The lowest BCUT2D eigenvalue weighted by Gasteiger charge is -2.14. The lowest BCUT2D eigenvalue weighted by molar-refractivity contribution is 0.0318. The number of ketones is 1. The molecule has 0 unspecified atom stereocenters. The molecule has 0 N–H and O–H groups in total. The summed E-state index contributed by atoms with van der Waals surface area (Å²) >= 11 is 0. The van der Waals surface area contributed by atoms with Gasteiger partial charge in [-0.2, -0.15) is 0 Å². The molecule has 9 heteroatoms. The molecule has 0 bridgehead atoms. The molecule has 0 aliphatic rings. The highest BCUT2D eigenvalue weighted by atomic mass is 32.2. The molecule has 27 heavy (non-hydrogen) atoms. The van der Waals surface area contributed by atoms with Crippen LogP contribution in [-0.4, -0.2) is 44.7 Å². The zero-order valence-electron chi connectivity index (χ0n) is 14.8. The number of hydrogen-bond acceptors (Lipinski definition) is 5. The minimum Gasteiger partial charge on any atom is -0.451 e. The van der Waals surface area contributed by atoms with Crippen LogP contribution in [0.3, 0.4) is 0 Å². The lowest BCUT2D eigenvalue weighted by atomic mass is 10.1. The van der Waals surface area contributed by atoms with Crippen molar-refractivity contribution in [2.45, 2.75) is 17.9 Å². The summed E-state index contributed by atoms with van der Waals surface area (Å²) in [5.74, 6) is -3.83. The Morgan fingerprint density at radius 1 is 0.963 bits per heavy atom. The van der Waals surface area contributed by atoms with E-state index >= 15 is 0 Å². The maximum absolute atomic E-state index is 13.2. The summed E-state index contributed by atoms with van der Waals surface area (Å²) < 4.78 is 56.2. The zero-order valence-corrected chi connectivity index (χ0v) is 15.6. The Kier molecular flexibility index (Phi) is 6.07. The molecule has 0 aliphatic carbocycles. The lowest BCUT2D eigenvalue weighted by Crippen LogP contribution is -2.25. The van der Waals surface area contributed by atoms with Gasteiger partial charge in [0.25, 0.3) is 0 Å². The Morgan fingerprint density at radius 3 is 2.04 bits per heavy atom. The predicted octanol–water partition coefficient (Wildman–Crippen LogP) is 2.64. The first-order valence-electron chi connectivity index (χ1n) is 7.77. The molecule has 0 aromatic heterocycles. The number of benzene rings is 2. The van der Waals surface area contributed by atoms with Crippen LogP contribution < -0.4 is 0 Å². The number of rotatable bonds is 6. The van der Waals surface area contributed by atoms with E-state index in [1.54, 1.807) is 0 Å². The largest absolute Gasteiger partial charge is 0.451 e. The highest BCUT2D eigenvalue weighted by molar-refractivity contribution is 7.89. The van der Waals surface area contributed by atoms with Crippen molar-refractivity contribution in [3.8, 4) is 0 Å². The van der Waals surface area contributed by atoms with Gasteiger partial charge in [0.05, 0.1) is 10.5 Å². The number of halogens is 2. The number of hydrogen-bond donors (Lipinski definition) is 0. The van der Waals surface area contributed by atoms with Gasteiger partial charge in [-0.05, 0) is 49.4 Å². The van der Waals surface area contributed by atoms with Crippen LogP contribution in [0.25, 0.3) is 0 Å². The van der Waals surface area contributed by atoms with Gasteiger partial charge in [-0.3, -0.25) is 4.79 Å². The van der Waals surface area contributed by atoms with E-state index in [0.29, 0.717) is 0 Å². The number of Topliss-reactive ketones (excluding diaryl/α,β-unsaturated/α-hetero) is 1. The molecule has 2 aromatic rings. The van der Waals surface area contributed by atoms with Crippen molar-refractivity contribution in [1.82, 2.24) is 4.31 Å². The molecule has 0 heterocycles. The Bertz CT molecular complexity index is 972. The number of esters is 1. The van der Waals surface area contributed by atoms with Crippen LogP contribution in [0.2, 0.25) is 0 Å². The van der Waals surface area contributed by atoms with Gasteiger partial charge in [0, 0.05) is 19.7 Å². The molecule has 1 atom stereocenters. The summed E-state index contributed by atoms with van der Waals surface area (Å²) in [5.41, 5.74) is -0.0979. The van der Waals surface area contributed by atoms with Crippen molar-refractivity contribution in [2.75, 3.05) is 14.1 Å². The Morgan fingerprint density at radius 2 is 1.52 bits per heavy atom. The topological polar surface area (TPSA) is 80.8 Å². The van der Waals surface area contributed by atoms with Crippen molar-refractivity contribution in [1.29, 1.82) is 0 Å². The fourth-order valence-corrected chi connectivity index (χ4v) is 3.04. The molecule has 0 spiro atoms. The standard InChI is InChI=1S/C18H17F2NO5S/c1-11(17(22)13-6-9-15(19)16(20)10-13)26-18(23)12-4-7-14(8-5-12)27(24,25)21(2)3/h4-11H,1-3H3/t11-/m0/s1. The van der Waals surface area contributed by atoms with E-state index < -0.39 is 39.5 Å². The van der Waals surface area contributed by atoms with Gasteiger partial charge < -0.3 is 4.74 Å². The van der Waals surface area contributed by atoms with Crippen LogP contribution in [-0.2, 0) is 14.8 Å². The molecule has 6 nitrogen and oxygen atoms in total. The molecule has 0 saturated carbocycles. The number of sulfonamides is 1. The molecular weight excluding hydrogens is 380 g/mol. The molecular formula is C18H17F2NO5S. The van der Waals surface area contributed by atoms with Gasteiger partial charge in [-0.15, -0.1) is 0 Å². The highest BCUT2D eigenvalue weighted by Gasteiger charge is 2.22. The van der Waals surface area contributed by atoms with Crippen LogP contribution in [0.5, 0.6) is 0 Å². The summed E-state index contributed by atoms with van der Waals surface area (Å²) in [7, 11) is -0.882. The van der Waals surface area contributed by atoms with E-state index in [-0.39, 0.29) is 16.0 Å². The fraction of sp³-hybridized carbons (Fsp3) is 0.222. The first-order valence-corrected chi connectivity index (χ1v) is 9.21. The van der Waals surface area contributed by atoms with Gasteiger partial charge in [0.15, 0.2) is 17.7 Å². The van der Waals surface area contributed by atoms with Gasteiger partial charge in [-0.1, -0.05) is 0 Å². The highest BCUT2D eigenvalue weighted by Crippen LogP contribution is 2.16. The summed E-state index contributed by atoms with van der Waals surface area (Å²) in [6, 6.07) is 7.62. The average molecular weight is 397 g/mol. The molecule has 0 fully saturated rings. The molecule has 144 valence electrons. The summed E-state index contributed by atoms with van der Waals surface area (Å²) in [4.78, 5) is 24.3. The van der Waals surface area contributed by atoms with E-state index in [9.17, 15) is 26.8 Å². The molecule has 0 aliphatic heterocycles. The van der Waals surface area contributed by atoms with Gasteiger partial charge in [-0.25, -0.2) is 26.3 Å². The molecule has 0 amide bonds. The van der Waals surface area contributed by atoms with Crippen molar-refractivity contribution >= 4 is 21.8 Å². The maximum atomic E-state index is 13.2. The monoisotopic (exact) mass is 397 g/mol. The van der Waals surface area contributed by atoms with E-state index in [1.165, 1.54) is 45.3 Å². The van der Waals surface area contributed by atoms with Crippen LogP contribution >= 0.6 is 0 Å². The molecule has 2 aromatic carbocycles. The van der Waals surface area contributed by atoms with Crippen LogP contribution in [0.4, 0.5) is 8.78 Å². The molecule has 0 radical (unpaired) electrons.